The first-order chi connectivity index (χ1) is 5.24. The maximum absolute atomic E-state index is 10.1. The summed E-state index contributed by atoms with van der Waals surface area (Å²) in [5.41, 5.74) is 0.102. The quantitative estimate of drug-likeness (QED) is 0.361. The van der Waals surface area contributed by atoms with Gasteiger partial charge in [0.15, 0.2) is 0 Å². The van der Waals surface area contributed by atoms with E-state index in [1.165, 1.54) is 18.2 Å². The highest BCUT2D eigenvalue weighted by molar-refractivity contribution is 5.75. The largest absolute Gasteiger partial charge is 0.298 e. The number of nitro benzene ring substituents is 1. The SMILES string of the molecule is O=Cc1cc[c]c([N+](=O)[O-])c1. The molecule has 0 aliphatic carbocycles. The standard InChI is InChI=1S/C7H4NO3/c9-5-6-2-1-3-7(4-6)8(10)11/h1-2,4-5H. The monoisotopic (exact) mass is 150 g/mol. The lowest BCUT2D eigenvalue weighted by Crippen LogP contribution is -1.89. The zero-order valence-electron chi connectivity index (χ0n) is 5.48. The topological polar surface area (TPSA) is 60.2 Å². The third-order valence-corrected chi connectivity index (χ3v) is 1.14. The molecule has 0 atom stereocenters. The van der Waals surface area contributed by atoms with Gasteiger partial charge in [-0.1, -0.05) is 6.07 Å². The Morgan fingerprint density at radius 3 is 2.91 bits per heavy atom. The van der Waals surface area contributed by atoms with E-state index in [0.717, 1.165) is 0 Å². The molecule has 11 heavy (non-hydrogen) atoms. The molecule has 0 saturated carbocycles. The summed E-state index contributed by atoms with van der Waals surface area (Å²) in [5, 5.41) is 10.1. The molecule has 4 heteroatoms. The summed E-state index contributed by atoms with van der Waals surface area (Å²) in [5.74, 6) is 0. The molecule has 1 rings (SSSR count). The van der Waals surface area contributed by atoms with Gasteiger partial charge >= 0.3 is 0 Å². The molecule has 1 aromatic carbocycles. The minimum Gasteiger partial charge on any atom is -0.298 e. The molecule has 0 fully saturated rings. The lowest BCUT2D eigenvalue weighted by Gasteiger charge is -1.89. The molecule has 1 radical (unpaired) electrons. The summed E-state index contributed by atoms with van der Waals surface area (Å²) in [4.78, 5) is 19.7. The van der Waals surface area contributed by atoms with Gasteiger partial charge in [0.25, 0.3) is 5.69 Å². The molecule has 55 valence electrons. The van der Waals surface area contributed by atoms with Crippen LogP contribution in [0, 0.1) is 16.2 Å². The van der Waals surface area contributed by atoms with Crippen LogP contribution in [0.4, 0.5) is 5.69 Å². The normalized spacial score (nSPS) is 9.09. The van der Waals surface area contributed by atoms with Gasteiger partial charge in [-0.05, 0) is 6.07 Å². The summed E-state index contributed by atoms with van der Waals surface area (Å²) >= 11 is 0. The number of hydrogen-bond donors (Lipinski definition) is 0. The highest BCUT2D eigenvalue weighted by Gasteiger charge is 2.04. The number of hydrogen-bond acceptors (Lipinski definition) is 3. The van der Waals surface area contributed by atoms with Crippen LogP contribution in [-0.4, -0.2) is 11.2 Å². The second kappa shape index (κ2) is 2.92. The van der Waals surface area contributed by atoms with Crippen LogP contribution in [0.3, 0.4) is 0 Å². The van der Waals surface area contributed by atoms with Crippen LogP contribution in [0.15, 0.2) is 18.2 Å². The van der Waals surface area contributed by atoms with E-state index < -0.39 is 4.92 Å². The van der Waals surface area contributed by atoms with Crippen LogP contribution in [-0.2, 0) is 0 Å². The van der Waals surface area contributed by atoms with Gasteiger partial charge in [0.2, 0.25) is 0 Å². The Morgan fingerprint density at radius 2 is 2.36 bits per heavy atom. The molecular weight excluding hydrogens is 146 g/mol. The number of aldehydes is 1. The Bertz CT molecular complexity index is 295. The van der Waals surface area contributed by atoms with Gasteiger partial charge < -0.3 is 0 Å². The Hall–Kier alpha value is -1.71. The first-order valence-corrected chi connectivity index (χ1v) is 2.85. The van der Waals surface area contributed by atoms with Gasteiger partial charge in [0.05, 0.1) is 11.0 Å². The van der Waals surface area contributed by atoms with E-state index in [1.807, 2.05) is 0 Å². The summed E-state index contributed by atoms with van der Waals surface area (Å²) in [7, 11) is 0. The summed E-state index contributed by atoms with van der Waals surface area (Å²) < 4.78 is 0. The Kier molecular flexibility index (Phi) is 1.96. The zero-order valence-corrected chi connectivity index (χ0v) is 5.48. The molecule has 0 aliphatic heterocycles. The van der Waals surface area contributed by atoms with Gasteiger partial charge in [-0.25, -0.2) is 0 Å². The van der Waals surface area contributed by atoms with Crippen molar-refractivity contribution in [1.29, 1.82) is 0 Å². The fourth-order valence-electron chi connectivity index (χ4n) is 0.650. The Morgan fingerprint density at radius 1 is 1.64 bits per heavy atom. The van der Waals surface area contributed by atoms with Crippen molar-refractivity contribution >= 4 is 12.0 Å². The number of carbonyl (C=O) groups is 1. The van der Waals surface area contributed by atoms with Gasteiger partial charge in [0, 0.05) is 11.6 Å². The molecule has 0 aliphatic rings. The van der Waals surface area contributed by atoms with Crippen molar-refractivity contribution in [1.82, 2.24) is 0 Å². The van der Waals surface area contributed by atoms with Crippen molar-refractivity contribution < 1.29 is 9.72 Å². The molecule has 4 nitrogen and oxygen atoms in total. The fourth-order valence-corrected chi connectivity index (χ4v) is 0.650. The molecule has 0 bridgehead atoms. The van der Waals surface area contributed by atoms with Gasteiger partial charge in [-0.3, -0.25) is 14.9 Å². The smallest absolute Gasteiger partial charge is 0.278 e. The van der Waals surface area contributed by atoms with Crippen LogP contribution in [0.5, 0.6) is 0 Å². The predicted molar refractivity (Wildman–Crippen MR) is 37.3 cm³/mol. The second-order valence-corrected chi connectivity index (χ2v) is 1.88. The molecule has 0 saturated heterocycles. The number of rotatable bonds is 2. The number of nitrogens with zero attached hydrogens (tertiary/aromatic N) is 1. The lowest BCUT2D eigenvalue weighted by molar-refractivity contribution is -0.385. The molecular formula is C7H4NO3. The van der Waals surface area contributed by atoms with Gasteiger partial charge in [-0.2, -0.15) is 0 Å². The maximum atomic E-state index is 10.1. The van der Waals surface area contributed by atoms with Crippen molar-refractivity contribution in [3.05, 3.63) is 39.9 Å². The van der Waals surface area contributed by atoms with Crippen molar-refractivity contribution in [2.45, 2.75) is 0 Å². The first-order valence-electron chi connectivity index (χ1n) is 2.85. The first kappa shape index (κ1) is 7.40. The van der Waals surface area contributed by atoms with Crippen LogP contribution >= 0.6 is 0 Å². The molecule has 0 amide bonds. The van der Waals surface area contributed by atoms with E-state index in [9.17, 15) is 14.9 Å². The number of nitro groups is 1. The van der Waals surface area contributed by atoms with Gasteiger partial charge in [-0.15, -0.1) is 0 Å². The molecule has 0 aromatic heterocycles. The summed E-state index contributed by atoms with van der Waals surface area (Å²) in [6.45, 7) is 0. The maximum Gasteiger partial charge on any atom is 0.278 e. The minimum absolute atomic E-state index is 0.186. The van der Waals surface area contributed by atoms with Crippen molar-refractivity contribution in [2.24, 2.45) is 0 Å². The lowest BCUT2D eigenvalue weighted by atomic mass is 10.2. The van der Waals surface area contributed by atoms with Crippen LogP contribution in [0.1, 0.15) is 10.4 Å². The van der Waals surface area contributed by atoms with E-state index in [-0.39, 0.29) is 11.3 Å². The van der Waals surface area contributed by atoms with Crippen molar-refractivity contribution in [3.8, 4) is 0 Å². The Balaban J connectivity index is 3.10. The van der Waals surface area contributed by atoms with E-state index in [4.69, 9.17) is 0 Å². The third-order valence-electron chi connectivity index (χ3n) is 1.14. The minimum atomic E-state index is -0.590. The average molecular weight is 150 g/mol. The average Bonchev–Trinajstić information content (AvgIpc) is 2.05. The van der Waals surface area contributed by atoms with Gasteiger partial charge in [0.1, 0.15) is 6.29 Å². The molecule has 0 heterocycles. The number of non-ortho nitro benzene ring substituents is 1. The molecule has 0 N–H and O–H groups in total. The van der Waals surface area contributed by atoms with E-state index in [1.54, 1.807) is 0 Å². The van der Waals surface area contributed by atoms with Crippen LogP contribution < -0.4 is 0 Å². The number of carbonyl (C=O) groups excluding carboxylic acids is 1. The molecule has 0 spiro atoms. The van der Waals surface area contributed by atoms with Crippen molar-refractivity contribution in [3.63, 3.8) is 0 Å². The Labute approximate surface area is 62.6 Å². The van der Waals surface area contributed by atoms with Crippen molar-refractivity contribution in [2.75, 3.05) is 0 Å². The van der Waals surface area contributed by atoms with Crippen LogP contribution in [0.25, 0.3) is 0 Å². The highest BCUT2D eigenvalue weighted by atomic mass is 16.6. The molecule has 1 aromatic rings. The predicted octanol–water partition coefficient (Wildman–Crippen LogP) is 1.21. The van der Waals surface area contributed by atoms with E-state index in [0.29, 0.717) is 6.29 Å². The third kappa shape index (κ3) is 1.61. The van der Waals surface area contributed by atoms with E-state index in [2.05, 4.69) is 6.07 Å². The summed E-state index contributed by atoms with van der Waals surface area (Å²) in [6.07, 6.45) is 0.556. The highest BCUT2D eigenvalue weighted by Crippen LogP contribution is 2.09. The molecule has 0 unspecified atom stereocenters. The second-order valence-electron chi connectivity index (χ2n) is 1.88. The fraction of sp³-hybridized carbons (Fsp3) is 0. The van der Waals surface area contributed by atoms with Crippen LogP contribution in [0.2, 0.25) is 0 Å². The zero-order chi connectivity index (χ0) is 8.27. The summed E-state index contributed by atoms with van der Waals surface area (Å²) in [6, 6.07) is 6.37. The number of benzene rings is 1. The van der Waals surface area contributed by atoms with E-state index >= 15 is 0 Å².